The Morgan fingerprint density at radius 3 is 1.88 bits per heavy atom. The fourth-order valence-electron chi connectivity index (χ4n) is 1.53. The lowest BCUT2D eigenvalue weighted by Gasteiger charge is -2.23. The van der Waals surface area contributed by atoms with E-state index >= 15 is 0 Å². The van der Waals surface area contributed by atoms with Crippen molar-refractivity contribution < 1.29 is 33.4 Å². The average molecular weight is 350 g/mol. The molecule has 0 aliphatic rings. The fourth-order valence-corrected chi connectivity index (χ4v) is 1.53. The number of carbonyl (C=O) groups is 3. The monoisotopic (exact) mass is 350 g/mol. The molecule has 0 aromatic rings. The van der Waals surface area contributed by atoms with E-state index in [0.29, 0.717) is 0 Å². The van der Waals surface area contributed by atoms with Crippen molar-refractivity contribution in [3.05, 3.63) is 0 Å². The number of carbonyl (C=O) groups excluding carboxylic acids is 2. The lowest BCUT2D eigenvalue weighted by molar-refractivity contribution is -0.141. The molecule has 0 bridgehead atoms. The molecule has 0 saturated heterocycles. The Hall–Kier alpha value is -2.06. The zero-order valence-corrected chi connectivity index (χ0v) is 14.9. The molecular formula is C15H27FN2O6. The van der Waals surface area contributed by atoms with E-state index in [1.807, 2.05) is 5.32 Å². The first-order valence-electron chi connectivity index (χ1n) is 7.54. The molecule has 0 aliphatic heterocycles. The van der Waals surface area contributed by atoms with Crippen molar-refractivity contribution >= 4 is 18.2 Å². The summed E-state index contributed by atoms with van der Waals surface area (Å²) in [4.78, 5) is 34.1. The van der Waals surface area contributed by atoms with Crippen molar-refractivity contribution in [3.63, 3.8) is 0 Å². The van der Waals surface area contributed by atoms with Crippen LogP contribution in [0.3, 0.4) is 0 Å². The number of nitrogens with one attached hydrogen (secondary N) is 2. The SMILES string of the molecule is CC(C)(C)OC(=O)NCC[C@@H](F)[C@H](NC(=O)OC(C)(C)C)C(=O)O. The van der Waals surface area contributed by atoms with Gasteiger partial charge in [0.15, 0.2) is 6.04 Å². The van der Waals surface area contributed by atoms with Crippen molar-refractivity contribution in [2.45, 2.75) is 71.4 Å². The molecule has 0 saturated carbocycles. The van der Waals surface area contributed by atoms with Gasteiger partial charge in [-0.2, -0.15) is 0 Å². The molecule has 0 fully saturated rings. The van der Waals surface area contributed by atoms with Gasteiger partial charge in [-0.3, -0.25) is 0 Å². The van der Waals surface area contributed by atoms with Crippen LogP contribution in [0.15, 0.2) is 0 Å². The first kappa shape index (κ1) is 21.9. The second-order valence-electron chi connectivity index (χ2n) is 7.20. The summed E-state index contributed by atoms with van der Waals surface area (Å²) < 4.78 is 23.9. The largest absolute Gasteiger partial charge is 0.480 e. The predicted octanol–water partition coefficient (Wildman–Crippen LogP) is 2.22. The number of aliphatic carboxylic acids is 1. The topological polar surface area (TPSA) is 114 Å². The molecule has 0 aromatic carbocycles. The molecule has 140 valence electrons. The second kappa shape index (κ2) is 8.70. The second-order valence-corrected chi connectivity index (χ2v) is 7.20. The lowest BCUT2D eigenvalue weighted by Crippen LogP contribution is -2.49. The number of halogens is 1. The van der Waals surface area contributed by atoms with Crippen LogP contribution in [-0.2, 0) is 14.3 Å². The number of hydrogen-bond acceptors (Lipinski definition) is 5. The van der Waals surface area contributed by atoms with Gasteiger partial charge in [-0.05, 0) is 48.0 Å². The van der Waals surface area contributed by atoms with E-state index in [9.17, 15) is 18.8 Å². The average Bonchev–Trinajstić information content (AvgIpc) is 2.30. The Labute approximate surface area is 141 Å². The van der Waals surface area contributed by atoms with E-state index in [0.717, 1.165) is 0 Å². The van der Waals surface area contributed by atoms with Crippen LogP contribution in [0.1, 0.15) is 48.0 Å². The van der Waals surface area contributed by atoms with E-state index < -0.39 is 41.6 Å². The molecular weight excluding hydrogens is 323 g/mol. The molecule has 0 unspecified atom stereocenters. The highest BCUT2D eigenvalue weighted by atomic mass is 19.1. The van der Waals surface area contributed by atoms with Crippen LogP contribution in [-0.4, -0.2) is 53.2 Å². The van der Waals surface area contributed by atoms with Gasteiger partial charge in [0.05, 0.1) is 0 Å². The molecule has 2 amide bonds. The number of carboxylic acid groups (broad SMARTS) is 1. The summed E-state index contributed by atoms with van der Waals surface area (Å²) in [5, 5.41) is 13.3. The third-order valence-corrected chi connectivity index (χ3v) is 2.39. The summed E-state index contributed by atoms with van der Waals surface area (Å²) >= 11 is 0. The zero-order chi connectivity index (χ0) is 19.1. The first-order chi connectivity index (χ1) is 10.7. The Kier molecular flexibility index (Phi) is 7.95. The van der Waals surface area contributed by atoms with Crippen molar-refractivity contribution in [2.24, 2.45) is 0 Å². The van der Waals surface area contributed by atoms with E-state index in [2.05, 4.69) is 5.32 Å². The van der Waals surface area contributed by atoms with E-state index in [-0.39, 0.29) is 13.0 Å². The molecule has 0 radical (unpaired) electrons. The van der Waals surface area contributed by atoms with Gasteiger partial charge in [0, 0.05) is 6.54 Å². The molecule has 0 heterocycles. The minimum atomic E-state index is -1.91. The summed E-state index contributed by atoms with van der Waals surface area (Å²) in [5.41, 5.74) is -1.53. The number of rotatable bonds is 6. The Bertz CT molecular complexity index is 456. The molecule has 0 aliphatic carbocycles. The van der Waals surface area contributed by atoms with Crippen molar-refractivity contribution in [2.75, 3.05) is 6.54 Å². The quantitative estimate of drug-likeness (QED) is 0.677. The number of carboxylic acids is 1. The minimum Gasteiger partial charge on any atom is -0.480 e. The van der Waals surface area contributed by atoms with Crippen LogP contribution < -0.4 is 10.6 Å². The van der Waals surface area contributed by atoms with Gasteiger partial charge in [0.2, 0.25) is 0 Å². The summed E-state index contributed by atoms with van der Waals surface area (Å²) in [6.07, 6.45) is -3.99. The molecule has 0 rings (SSSR count). The van der Waals surface area contributed by atoms with E-state index in [1.54, 1.807) is 41.5 Å². The Morgan fingerprint density at radius 2 is 1.46 bits per heavy atom. The number of alkyl halides is 1. The summed E-state index contributed by atoms with van der Waals surface area (Å²) in [5.74, 6) is -1.54. The van der Waals surface area contributed by atoms with Gasteiger partial charge in [0.25, 0.3) is 0 Å². The molecule has 2 atom stereocenters. The molecule has 24 heavy (non-hydrogen) atoms. The summed E-state index contributed by atoms with van der Waals surface area (Å²) in [7, 11) is 0. The molecule has 0 aromatic heterocycles. The maximum absolute atomic E-state index is 14.1. The van der Waals surface area contributed by atoms with Crippen LogP contribution in [0, 0.1) is 0 Å². The summed E-state index contributed by atoms with van der Waals surface area (Å²) in [6.45, 7) is 9.68. The first-order valence-corrected chi connectivity index (χ1v) is 7.54. The maximum atomic E-state index is 14.1. The van der Waals surface area contributed by atoms with Gasteiger partial charge in [-0.1, -0.05) is 0 Å². The van der Waals surface area contributed by atoms with Crippen molar-refractivity contribution in [1.82, 2.24) is 10.6 Å². The van der Waals surface area contributed by atoms with Crippen LogP contribution in [0.5, 0.6) is 0 Å². The number of ether oxygens (including phenoxy) is 2. The lowest BCUT2D eigenvalue weighted by atomic mass is 10.1. The van der Waals surface area contributed by atoms with Crippen LogP contribution in [0.4, 0.5) is 14.0 Å². The molecule has 9 heteroatoms. The predicted molar refractivity (Wildman–Crippen MR) is 84.5 cm³/mol. The minimum absolute atomic E-state index is 0.143. The van der Waals surface area contributed by atoms with Gasteiger partial charge >= 0.3 is 18.2 Å². The maximum Gasteiger partial charge on any atom is 0.408 e. The number of hydrogen-bond donors (Lipinski definition) is 3. The summed E-state index contributed by atoms with van der Waals surface area (Å²) in [6, 6.07) is -1.78. The van der Waals surface area contributed by atoms with Crippen molar-refractivity contribution in [1.29, 1.82) is 0 Å². The molecule has 8 nitrogen and oxygen atoms in total. The fraction of sp³-hybridized carbons (Fsp3) is 0.800. The molecule has 3 N–H and O–H groups in total. The highest BCUT2D eigenvalue weighted by Crippen LogP contribution is 2.10. The molecule has 0 spiro atoms. The smallest absolute Gasteiger partial charge is 0.408 e. The Balaban J connectivity index is 4.45. The third kappa shape index (κ3) is 10.6. The van der Waals surface area contributed by atoms with Crippen LogP contribution >= 0.6 is 0 Å². The van der Waals surface area contributed by atoms with Crippen molar-refractivity contribution in [3.8, 4) is 0 Å². The van der Waals surface area contributed by atoms with Gasteiger partial charge in [-0.15, -0.1) is 0 Å². The van der Waals surface area contributed by atoms with E-state index in [4.69, 9.17) is 14.6 Å². The normalized spacial score (nSPS) is 14.3. The van der Waals surface area contributed by atoms with Gasteiger partial charge < -0.3 is 25.2 Å². The third-order valence-electron chi connectivity index (χ3n) is 2.39. The standard InChI is InChI=1S/C15H27FN2O6/c1-14(2,3)23-12(21)17-8-7-9(16)10(11(19)20)18-13(22)24-15(4,5)6/h9-10H,7-8H2,1-6H3,(H,17,21)(H,18,22)(H,19,20)/t9-,10+/m1/s1. The van der Waals surface area contributed by atoms with E-state index in [1.165, 1.54) is 0 Å². The van der Waals surface area contributed by atoms with Crippen LogP contribution in [0.2, 0.25) is 0 Å². The van der Waals surface area contributed by atoms with Gasteiger partial charge in [0.1, 0.15) is 17.4 Å². The van der Waals surface area contributed by atoms with Crippen LogP contribution in [0.25, 0.3) is 0 Å². The van der Waals surface area contributed by atoms with Gasteiger partial charge in [-0.25, -0.2) is 18.8 Å². The zero-order valence-electron chi connectivity index (χ0n) is 14.9. The number of amides is 2. The number of alkyl carbamates (subject to hydrolysis) is 2. The Morgan fingerprint density at radius 1 is 1.00 bits per heavy atom. The highest BCUT2D eigenvalue weighted by molar-refractivity contribution is 5.80. The highest BCUT2D eigenvalue weighted by Gasteiger charge is 2.31.